The number of hydrogen-bond acceptors (Lipinski definition) is 4. The van der Waals surface area contributed by atoms with Crippen molar-refractivity contribution in [3.8, 4) is 22.9 Å². The first-order valence-electron chi connectivity index (χ1n) is 12.5. The summed E-state index contributed by atoms with van der Waals surface area (Å²) >= 11 is 0. The molecule has 3 aromatic carbocycles. The molecule has 0 radical (unpaired) electrons. The van der Waals surface area contributed by atoms with Crippen molar-refractivity contribution in [2.45, 2.75) is 25.3 Å². The zero-order valence-corrected chi connectivity index (χ0v) is 20.8. The molecule has 5 aromatic rings. The minimum Gasteiger partial charge on any atom is -0.481 e. The molecule has 1 atom stereocenters. The predicted molar refractivity (Wildman–Crippen MR) is 138 cm³/mol. The number of halogens is 4. The lowest BCUT2D eigenvalue weighted by molar-refractivity contribution is -0.136. The maximum Gasteiger partial charge on any atom is 0.303 e. The molecule has 1 unspecified atom stereocenters. The lowest BCUT2D eigenvalue weighted by Crippen LogP contribution is -2.31. The number of ether oxygens (including phenoxy) is 1. The second kappa shape index (κ2) is 10.2. The Hall–Kier alpha value is -4.64. The highest BCUT2D eigenvalue weighted by atomic mass is 19.1. The van der Waals surface area contributed by atoms with E-state index in [-0.39, 0.29) is 46.4 Å². The number of nitrogens with one attached hydrogen (secondary N) is 3. The summed E-state index contributed by atoms with van der Waals surface area (Å²) < 4.78 is 65.4. The summed E-state index contributed by atoms with van der Waals surface area (Å²) in [6.45, 7) is 0.490. The van der Waals surface area contributed by atoms with Crippen molar-refractivity contribution < 1.29 is 32.2 Å². The van der Waals surface area contributed by atoms with Gasteiger partial charge in [-0.1, -0.05) is 18.2 Å². The molecule has 0 saturated carbocycles. The first-order valence-corrected chi connectivity index (χ1v) is 12.5. The van der Waals surface area contributed by atoms with E-state index < -0.39 is 41.0 Å². The van der Waals surface area contributed by atoms with Crippen LogP contribution in [0.4, 0.5) is 17.6 Å². The molecule has 0 amide bonds. The number of carboxylic acid groups (broad SMARTS) is 1. The SMILES string of the molecule is O=C(O)CCc1cccc(C2NCCc3[nH]c(-c4cc(Oc5c(F)cc6[nH]ccc6c5F)ccc4F)nc32)c1F. The molecular weight excluding hydrogens is 528 g/mol. The van der Waals surface area contributed by atoms with Crippen LogP contribution < -0.4 is 10.1 Å². The highest BCUT2D eigenvalue weighted by Crippen LogP contribution is 2.36. The van der Waals surface area contributed by atoms with E-state index in [0.717, 1.165) is 12.1 Å². The lowest BCUT2D eigenvalue weighted by atomic mass is 9.95. The summed E-state index contributed by atoms with van der Waals surface area (Å²) in [7, 11) is 0. The molecule has 0 saturated heterocycles. The number of aromatic nitrogens is 3. The standard InChI is InChI=1S/C29H22F4N4O3/c30-19-6-5-15(40-28-20(31)13-22-16(25(28)33)8-10-34-22)12-18(19)29-36-21-9-11-35-26(27(21)37-29)17-3-1-2-14(24(17)32)4-7-23(38)39/h1-3,5-6,8,10,12-13,26,34-35H,4,7,9,11H2,(H,36,37)(H,38,39). The van der Waals surface area contributed by atoms with E-state index in [1.165, 1.54) is 24.4 Å². The molecular formula is C29H22F4N4O3. The van der Waals surface area contributed by atoms with Crippen LogP contribution in [0, 0.1) is 23.3 Å². The van der Waals surface area contributed by atoms with Crippen LogP contribution in [-0.4, -0.2) is 32.6 Å². The Morgan fingerprint density at radius 3 is 2.73 bits per heavy atom. The van der Waals surface area contributed by atoms with E-state index in [1.54, 1.807) is 18.2 Å². The van der Waals surface area contributed by atoms with Crippen molar-refractivity contribution >= 4 is 16.9 Å². The fraction of sp³-hybridized carbons (Fsp3) is 0.172. The van der Waals surface area contributed by atoms with Gasteiger partial charge in [-0.05, 0) is 36.2 Å². The van der Waals surface area contributed by atoms with Gasteiger partial charge in [-0.25, -0.2) is 22.5 Å². The van der Waals surface area contributed by atoms with E-state index >= 15 is 4.39 Å². The minimum atomic E-state index is -1.02. The topological polar surface area (TPSA) is 103 Å². The number of hydrogen-bond donors (Lipinski definition) is 4. The smallest absolute Gasteiger partial charge is 0.303 e. The summed E-state index contributed by atoms with van der Waals surface area (Å²) in [5.74, 6) is -4.49. The molecule has 0 fully saturated rings. The quantitative estimate of drug-likeness (QED) is 0.182. The van der Waals surface area contributed by atoms with Crippen LogP contribution in [0.15, 0.2) is 54.7 Å². The van der Waals surface area contributed by atoms with Gasteiger partial charge in [0.05, 0.1) is 22.8 Å². The number of imidazole rings is 1. The third-order valence-electron chi connectivity index (χ3n) is 6.95. The van der Waals surface area contributed by atoms with Gasteiger partial charge in [-0.2, -0.15) is 0 Å². The van der Waals surface area contributed by atoms with E-state index in [0.29, 0.717) is 29.9 Å². The number of carboxylic acids is 1. The highest BCUT2D eigenvalue weighted by Gasteiger charge is 2.29. The van der Waals surface area contributed by atoms with Crippen molar-refractivity contribution in [1.29, 1.82) is 0 Å². The van der Waals surface area contributed by atoms with Gasteiger partial charge < -0.3 is 25.1 Å². The Morgan fingerprint density at radius 1 is 1.05 bits per heavy atom. The molecule has 4 N–H and O–H groups in total. The fourth-order valence-corrected chi connectivity index (χ4v) is 5.01. The van der Waals surface area contributed by atoms with Gasteiger partial charge >= 0.3 is 5.97 Å². The van der Waals surface area contributed by atoms with E-state index in [9.17, 15) is 18.0 Å². The van der Waals surface area contributed by atoms with Crippen LogP contribution in [0.25, 0.3) is 22.3 Å². The Labute approximate surface area is 224 Å². The third kappa shape index (κ3) is 4.58. The van der Waals surface area contributed by atoms with Gasteiger partial charge in [0.1, 0.15) is 23.2 Å². The number of aromatic amines is 2. The zero-order chi connectivity index (χ0) is 28.0. The number of nitrogens with zero attached hydrogens (tertiary/aromatic N) is 1. The molecule has 40 heavy (non-hydrogen) atoms. The van der Waals surface area contributed by atoms with Crippen molar-refractivity contribution in [3.63, 3.8) is 0 Å². The average molecular weight is 551 g/mol. The molecule has 204 valence electrons. The van der Waals surface area contributed by atoms with Crippen LogP contribution in [0.1, 0.15) is 35.0 Å². The van der Waals surface area contributed by atoms with Gasteiger partial charge in [0.25, 0.3) is 0 Å². The lowest BCUT2D eigenvalue weighted by Gasteiger charge is -2.24. The van der Waals surface area contributed by atoms with Crippen LogP contribution in [-0.2, 0) is 17.6 Å². The average Bonchev–Trinajstić information content (AvgIpc) is 3.58. The van der Waals surface area contributed by atoms with Crippen molar-refractivity contribution in [2.24, 2.45) is 0 Å². The molecule has 1 aliphatic rings. The largest absolute Gasteiger partial charge is 0.481 e. The second-order valence-corrected chi connectivity index (χ2v) is 9.48. The normalized spacial score (nSPS) is 14.8. The first kappa shape index (κ1) is 25.6. The van der Waals surface area contributed by atoms with Crippen LogP contribution in [0.3, 0.4) is 0 Å². The second-order valence-electron chi connectivity index (χ2n) is 9.48. The van der Waals surface area contributed by atoms with Crippen molar-refractivity contribution in [1.82, 2.24) is 20.3 Å². The third-order valence-corrected chi connectivity index (χ3v) is 6.95. The van der Waals surface area contributed by atoms with Gasteiger partial charge in [-0.3, -0.25) is 4.79 Å². The van der Waals surface area contributed by atoms with Crippen LogP contribution in [0.5, 0.6) is 11.5 Å². The number of carbonyl (C=O) groups is 1. The molecule has 0 spiro atoms. The summed E-state index contributed by atoms with van der Waals surface area (Å²) in [4.78, 5) is 21.4. The monoisotopic (exact) mass is 550 g/mol. The summed E-state index contributed by atoms with van der Waals surface area (Å²) in [6, 6.07) is 10.4. The van der Waals surface area contributed by atoms with E-state index in [1.807, 2.05) is 0 Å². The van der Waals surface area contributed by atoms with Gasteiger partial charge in [-0.15, -0.1) is 0 Å². The molecule has 6 rings (SSSR count). The Kier molecular flexibility index (Phi) is 6.51. The van der Waals surface area contributed by atoms with E-state index in [4.69, 9.17) is 9.84 Å². The van der Waals surface area contributed by atoms with Gasteiger partial charge in [0, 0.05) is 48.3 Å². The Morgan fingerprint density at radius 2 is 1.90 bits per heavy atom. The number of aryl methyl sites for hydroxylation is 1. The molecule has 2 aromatic heterocycles. The number of rotatable bonds is 7. The molecule has 7 nitrogen and oxygen atoms in total. The Bertz CT molecular complexity index is 1760. The summed E-state index contributed by atoms with van der Waals surface area (Å²) in [6.07, 6.45) is 1.83. The Balaban J connectivity index is 1.34. The molecule has 0 aliphatic carbocycles. The number of fused-ring (bicyclic) bond motifs is 2. The van der Waals surface area contributed by atoms with Gasteiger partial charge in [0.15, 0.2) is 17.4 Å². The van der Waals surface area contributed by atoms with Crippen LogP contribution >= 0.6 is 0 Å². The predicted octanol–water partition coefficient (Wildman–Crippen LogP) is 6.16. The van der Waals surface area contributed by atoms with E-state index in [2.05, 4.69) is 20.3 Å². The summed E-state index contributed by atoms with van der Waals surface area (Å²) in [5.41, 5.74) is 1.99. The number of aliphatic carboxylic acids is 1. The van der Waals surface area contributed by atoms with Crippen molar-refractivity contribution in [2.75, 3.05) is 6.54 Å². The molecule has 11 heteroatoms. The maximum atomic E-state index is 15.4. The highest BCUT2D eigenvalue weighted by molar-refractivity contribution is 5.82. The number of H-pyrrole nitrogens is 2. The zero-order valence-electron chi connectivity index (χ0n) is 20.8. The van der Waals surface area contributed by atoms with Crippen molar-refractivity contribution in [3.05, 3.63) is 101 Å². The molecule has 1 aliphatic heterocycles. The first-order chi connectivity index (χ1) is 19.3. The maximum absolute atomic E-state index is 15.4. The molecule has 0 bridgehead atoms. The van der Waals surface area contributed by atoms with Crippen LogP contribution in [0.2, 0.25) is 0 Å². The minimum absolute atomic E-state index is 0.00451. The fourth-order valence-electron chi connectivity index (χ4n) is 5.01. The number of benzene rings is 3. The summed E-state index contributed by atoms with van der Waals surface area (Å²) in [5, 5.41) is 12.4. The van der Waals surface area contributed by atoms with Gasteiger partial charge in [0.2, 0.25) is 0 Å². The molecule has 3 heterocycles.